The van der Waals surface area contributed by atoms with E-state index >= 15 is 0 Å². The lowest BCUT2D eigenvalue weighted by atomic mass is 9.94. The Labute approximate surface area is 80.3 Å². The van der Waals surface area contributed by atoms with Crippen molar-refractivity contribution in [2.24, 2.45) is 11.3 Å². The molecule has 2 nitrogen and oxygen atoms in total. The third-order valence-electron chi connectivity index (χ3n) is 3.62. The highest BCUT2D eigenvalue weighted by molar-refractivity contribution is 4.88. The maximum atomic E-state index is 9.51. The molecule has 2 heteroatoms. The van der Waals surface area contributed by atoms with Crippen LogP contribution in [0.4, 0.5) is 0 Å². The molecule has 0 bridgehead atoms. The molecule has 1 saturated heterocycles. The van der Waals surface area contributed by atoms with Crippen molar-refractivity contribution in [3.8, 4) is 0 Å². The Morgan fingerprint density at radius 1 is 1.38 bits per heavy atom. The van der Waals surface area contributed by atoms with E-state index in [0.717, 1.165) is 13.0 Å². The van der Waals surface area contributed by atoms with Crippen molar-refractivity contribution in [2.45, 2.75) is 45.1 Å². The van der Waals surface area contributed by atoms with Gasteiger partial charge in [0.05, 0.1) is 19.3 Å². The Bertz CT molecular complexity index is 175. The molecule has 0 aromatic carbocycles. The Morgan fingerprint density at radius 2 is 2.15 bits per heavy atom. The van der Waals surface area contributed by atoms with Gasteiger partial charge in [0.15, 0.2) is 0 Å². The first kappa shape index (κ1) is 9.47. The van der Waals surface area contributed by atoms with Gasteiger partial charge in [-0.25, -0.2) is 0 Å². The molecule has 0 spiro atoms. The first-order valence-corrected chi connectivity index (χ1v) is 5.45. The molecule has 0 amide bonds. The van der Waals surface area contributed by atoms with Crippen molar-refractivity contribution < 1.29 is 9.84 Å². The number of aliphatic hydroxyl groups is 1. The molecule has 1 heterocycles. The van der Waals surface area contributed by atoms with Gasteiger partial charge in [0.25, 0.3) is 0 Å². The lowest BCUT2D eigenvalue weighted by Gasteiger charge is -2.13. The summed E-state index contributed by atoms with van der Waals surface area (Å²) < 4.78 is 5.22. The van der Waals surface area contributed by atoms with Gasteiger partial charge < -0.3 is 9.84 Å². The second kappa shape index (κ2) is 3.58. The molecule has 76 valence electrons. The van der Waals surface area contributed by atoms with Crippen LogP contribution in [0.25, 0.3) is 0 Å². The molecule has 2 atom stereocenters. The Morgan fingerprint density at radius 3 is 2.69 bits per heavy atom. The summed E-state index contributed by atoms with van der Waals surface area (Å²) in [6.07, 6.45) is 6.40. The third kappa shape index (κ3) is 2.44. The Hall–Kier alpha value is -0.0800. The number of aliphatic hydroxyl groups excluding tert-OH is 1. The molecule has 1 N–H and O–H groups in total. The van der Waals surface area contributed by atoms with Crippen molar-refractivity contribution in [1.29, 1.82) is 0 Å². The smallest absolute Gasteiger partial charge is 0.0823 e. The summed E-state index contributed by atoms with van der Waals surface area (Å²) >= 11 is 0. The van der Waals surface area contributed by atoms with Crippen LogP contribution in [-0.4, -0.2) is 24.4 Å². The van der Waals surface area contributed by atoms with Crippen molar-refractivity contribution in [2.75, 3.05) is 13.2 Å². The standard InChI is InChI=1S/C11H20O2/c1-11(5-6-11)4-2-3-9-7-13-8-10(9)12/h9-10,12H,2-8H2,1H3. The van der Waals surface area contributed by atoms with Crippen molar-refractivity contribution in [3.63, 3.8) is 0 Å². The fraction of sp³-hybridized carbons (Fsp3) is 1.00. The van der Waals surface area contributed by atoms with E-state index in [4.69, 9.17) is 4.74 Å². The summed E-state index contributed by atoms with van der Waals surface area (Å²) in [5.41, 5.74) is 0.671. The van der Waals surface area contributed by atoms with Crippen LogP contribution in [0.5, 0.6) is 0 Å². The van der Waals surface area contributed by atoms with E-state index in [0.29, 0.717) is 17.9 Å². The zero-order valence-corrected chi connectivity index (χ0v) is 8.46. The maximum absolute atomic E-state index is 9.51. The molecule has 1 aliphatic carbocycles. The molecule has 1 aliphatic heterocycles. The van der Waals surface area contributed by atoms with Gasteiger partial charge >= 0.3 is 0 Å². The van der Waals surface area contributed by atoms with E-state index < -0.39 is 0 Å². The van der Waals surface area contributed by atoms with Gasteiger partial charge in [-0.05, 0) is 31.1 Å². The third-order valence-corrected chi connectivity index (χ3v) is 3.62. The minimum absolute atomic E-state index is 0.188. The van der Waals surface area contributed by atoms with Crippen molar-refractivity contribution in [1.82, 2.24) is 0 Å². The highest BCUT2D eigenvalue weighted by Gasteiger charge is 2.36. The van der Waals surface area contributed by atoms with Crippen LogP contribution in [0.15, 0.2) is 0 Å². The van der Waals surface area contributed by atoms with E-state index in [1.54, 1.807) is 0 Å². The lowest BCUT2D eigenvalue weighted by Crippen LogP contribution is -2.17. The Kier molecular flexibility index (Phi) is 2.61. The zero-order valence-electron chi connectivity index (χ0n) is 8.46. The molecule has 0 aromatic rings. The van der Waals surface area contributed by atoms with E-state index in [-0.39, 0.29) is 6.10 Å². The predicted molar refractivity (Wildman–Crippen MR) is 51.5 cm³/mol. The second-order valence-electron chi connectivity index (χ2n) is 5.07. The first-order chi connectivity index (χ1) is 6.20. The van der Waals surface area contributed by atoms with Gasteiger partial charge in [-0.15, -0.1) is 0 Å². The minimum Gasteiger partial charge on any atom is -0.390 e. The number of hydrogen-bond donors (Lipinski definition) is 1. The van der Waals surface area contributed by atoms with Crippen LogP contribution in [0.2, 0.25) is 0 Å². The van der Waals surface area contributed by atoms with Gasteiger partial charge in [0.2, 0.25) is 0 Å². The van der Waals surface area contributed by atoms with Crippen molar-refractivity contribution >= 4 is 0 Å². The highest BCUT2D eigenvalue weighted by Crippen LogP contribution is 2.49. The fourth-order valence-corrected chi connectivity index (χ4v) is 2.12. The maximum Gasteiger partial charge on any atom is 0.0823 e. The quantitative estimate of drug-likeness (QED) is 0.723. The summed E-state index contributed by atoms with van der Waals surface area (Å²) in [6, 6.07) is 0. The average Bonchev–Trinajstić information content (AvgIpc) is 2.68. The SMILES string of the molecule is CC1(CCCC2COCC2O)CC1. The zero-order chi connectivity index (χ0) is 9.31. The molecule has 2 rings (SSSR count). The summed E-state index contributed by atoms with van der Waals surface area (Å²) in [5.74, 6) is 0.419. The molecule has 2 aliphatic rings. The average molecular weight is 184 g/mol. The van der Waals surface area contributed by atoms with E-state index in [1.807, 2.05) is 0 Å². The molecular formula is C11H20O2. The summed E-state index contributed by atoms with van der Waals surface area (Å²) in [5, 5.41) is 9.51. The van der Waals surface area contributed by atoms with Crippen LogP contribution in [0.3, 0.4) is 0 Å². The Balaban J connectivity index is 1.62. The van der Waals surface area contributed by atoms with E-state index in [2.05, 4.69) is 6.92 Å². The molecular weight excluding hydrogens is 164 g/mol. The largest absolute Gasteiger partial charge is 0.390 e. The van der Waals surface area contributed by atoms with Gasteiger partial charge in [-0.2, -0.15) is 0 Å². The van der Waals surface area contributed by atoms with Crippen LogP contribution >= 0.6 is 0 Å². The minimum atomic E-state index is -0.188. The second-order valence-corrected chi connectivity index (χ2v) is 5.07. The van der Waals surface area contributed by atoms with Crippen LogP contribution in [0.1, 0.15) is 39.0 Å². The lowest BCUT2D eigenvalue weighted by molar-refractivity contribution is 0.116. The topological polar surface area (TPSA) is 29.5 Å². The summed E-state index contributed by atoms with van der Waals surface area (Å²) in [6.45, 7) is 3.70. The summed E-state index contributed by atoms with van der Waals surface area (Å²) in [4.78, 5) is 0. The monoisotopic (exact) mass is 184 g/mol. The normalized spacial score (nSPS) is 36.5. The molecule has 0 aromatic heterocycles. The molecule has 13 heavy (non-hydrogen) atoms. The number of ether oxygens (including phenoxy) is 1. The molecule has 0 radical (unpaired) electrons. The van der Waals surface area contributed by atoms with E-state index in [1.165, 1.54) is 25.7 Å². The predicted octanol–water partition coefficient (Wildman–Crippen LogP) is 1.96. The van der Waals surface area contributed by atoms with Gasteiger partial charge in [-0.1, -0.05) is 13.3 Å². The first-order valence-electron chi connectivity index (χ1n) is 5.45. The van der Waals surface area contributed by atoms with E-state index in [9.17, 15) is 5.11 Å². The fourth-order valence-electron chi connectivity index (χ4n) is 2.12. The van der Waals surface area contributed by atoms with Gasteiger partial charge in [-0.3, -0.25) is 0 Å². The van der Waals surface area contributed by atoms with Crippen LogP contribution in [0, 0.1) is 11.3 Å². The highest BCUT2D eigenvalue weighted by atomic mass is 16.5. The van der Waals surface area contributed by atoms with Gasteiger partial charge in [0.1, 0.15) is 0 Å². The van der Waals surface area contributed by atoms with Crippen molar-refractivity contribution in [3.05, 3.63) is 0 Å². The molecule has 2 fully saturated rings. The molecule has 2 unspecified atom stereocenters. The number of hydrogen-bond acceptors (Lipinski definition) is 2. The number of rotatable bonds is 4. The van der Waals surface area contributed by atoms with Crippen LogP contribution < -0.4 is 0 Å². The summed E-state index contributed by atoms with van der Waals surface area (Å²) in [7, 11) is 0. The van der Waals surface area contributed by atoms with Gasteiger partial charge in [0, 0.05) is 5.92 Å². The molecule has 1 saturated carbocycles. The van der Waals surface area contributed by atoms with Crippen LogP contribution in [-0.2, 0) is 4.74 Å².